The van der Waals surface area contributed by atoms with Crippen molar-refractivity contribution in [2.24, 2.45) is 11.0 Å². The van der Waals surface area contributed by atoms with E-state index >= 15 is 0 Å². The molecular weight excluding hydrogens is 195 g/mol. The van der Waals surface area contributed by atoms with E-state index in [2.05, 4.69) is 10.5 Å². The highest BCUT2D eigenvalue weighted by Gasteiger charge is 2.04. The molecule has 1 aromatic rings. The Kier molecular flexibility index (Phi) is 3.97. The van der Waals surface area contributed by atoms with E-state index in [1.54, 1.807) is 32.0 Å². The van der Waals surface area contributed by atoms with Crippen LogP contribution in [0.1, 0.15) is 19.4 Å². The van der Waals surface area contributed by atoms with Gasteiger partial charge >= 0.3 is 0 Å². The van der Waals surface area contributed by atoms with E-state index < -0.39 is 0 Å². The minimum Gasteiger partial charge on any atom is -0.273 e. The smallest absolute Gasteiger partial charge is 0.242 e. The van der Waals surface area contributed by atoms with Crippen LogP contribution >= 0.6 is 0 Å². The van der Waals surface area contributed by atoms with Gasteiger partial charge in [0.05, 0.1) is 6.21 Å². The van der Waals surface area contributed by atoms with Gasteiger partial charge in [-0.05, 0) is 6.07 Å². The van der Waals surface area contributed by atoms with Crippen LogP contribution in [-0.4, -0.2) is 12.1 Å². The molecule has 1 N–H and O–H groups in total. The standard InChI is InChI=1S/C11H13FN2O/c1-8(2)11(15)14-13-7-9-5-3-4-6-10(9)12/h3-8H,1-2H3,(H,14,15)/b13-7-. The SMILES string of the molecule is CC(C)C(=O)N/N=C\c1ccccc1F. The number of hydrogen-bond acceptors (Lipinski definition) is 2. The van der Waals surface area contributed by atoms with E-state index in [0.29, 0.717) is 5.56 Å². The molecule has 0 aromatic heterocycles. The van der Waals surface area contributed by atoms with E-state index in [1.807, 2.05) is 0 Å². The summed E-state index contributed by atoms with van der Waals surface area (Å²) in [4.78, 5) is 11.1. The van der Waals surface area contributed by atoms with Gasteiger partial charge in [-0.1, -0.05) is 32.0 Å². The van der Waals surface area contributed by atoms with Crippen LogP contribution in [0.2, 0.25) is 0 Å². The lowest BCUT2D eigenvalue weighted by molar-refractivity contribution is -0.123. The molecular formula is C11H13FN2O. The van der Waals surface area contributed by atoms with Crippen LogP contribution in [0, 0.1) is 11.7 Å². The molecule has 0 aliphatic rings. The third-order valence-electron chi connectivity index (χ3n) is 1.81. The number of amides is 1. The predicted molar refractivity (Wildman–Crippen MR) is 57.0 cm³/mol. The maximum atomic E-state index is 13.1. The summed E-state index contributed by atoms with van der Waals surface area (Å²) < 4.78 is 13.1. The summed E-state index contributed by atoms with van der Waals surface area (Å²) in [6.45, 7) is 3.52. The van der Waals surface area contributed by atoms with Crippen LogP contribution in [-0.2, 0) is 4.79 Å². The Labute approximate surface area is 88.0 Å². The maximum Gasteiger partial charge on any atom is 0.242 e. The molecule has 1 aromatic carbocycles. The fourth-order valence-corrected chi connectivity index (χ4v) is 0.874. The van der Waals surface area contributed by atoms with Crippen molar-refractivity contribution in [3.05, 3.63) is 35.6 Å². The Morgan fingerprint density at radius 2 is 2.13 bits per heavy atom. The van der Waals surface area contributed by atoms with Crippen molar-refractivity contribution >= 4 is 12.1 Å². The van der Waals surface area contributed by atoms with Crippen molar-refractivity contribution in [3.63, 3.8) is 0 Å². The van der Waals surface area contributed by atoms with Gasteiger partial charge in [0.15, 0.2) is 0 Å². The van der Waals surface area contributed by atoms with Gasteiger partial charge in [0.25, 0.3) is 0 Å². The zero-order chi connectivity index (χ0) is 11.3. The molecule has 0 aliphatic carbocycles. The van der Waals surface area contributed by atoms with Crippen LogP contribution in [0.5, 0.6) is 0 Å². The lowest BCUT2D eigenvalue weighted by atomic mass is 10.2. The van der Waals surface area contributed by atoms with E-state index in [-0.39, 0.29) is 17.6 Å². The zero-order valence-electron chi connectivity index (χ0n) is 8.70. The molecule has 0 unspecified atom stereocenters. The molecule has 0 bridgehead atoms. The second-order valence-electron chi connectivity index (χ2n) is 3.41. The topological polar surface area (TPSA) is 41.5 Å². The number of benzene rings is 1. The minimum atomic E-state index is -0.361. The summed E-state index contributed by atoms with van der Waals surface area (Å²) in [5.41, 5.74) is 2.67. The average Bonchev–Trinajstić information content (AvgIpc) is 2.20. The number of carbonyl (C=O) groups is 1. The summed E-state index contributed by atoms with van der Waals surface area (Å²) in [5, 5.41) is 3.66. The van der Waals surface area contributed by atoms with Gasteiger partial charge in [-0.15, -0.1) is 0 Å². The predicted octanol–water partition coefficient (Wildman–Crippen LogP) is 1.93. The Morgan fingerprint density at radius 3 is 2.73 bits per heavy atom. The largest absolute Gasteiger partial charge is 0.273 e. The molecule has 0 heterocycles. The van der Waals surface area contributed by atoms with Crippen LogP contribution < -0.4 is 5.43 Å². The first kappa shape index (κ1) is 11.4. The van der Waals surface area contributed by atoms with Crippen LogP contribution in [0.15, 0.2) is 29.4 Å². The fourth-order valence-electron chi connectivity index (χ4n) is 0.874. The van der Waals surface area contributed by atoms with Crippen molar-refractivity contribution in [1.29, 1.82) is 0 Å². The number of hydrogen-bond donors (Lipinski definition) is 1. The molecule has 3 nitrogen and oxygen atoms in total. The molecule has 4 heteroatoms. The normalized spacial score (nSPS) is 10.9. The van der Waals surface area contributed by atoms with E-state index in [1.165, 1.54) is 12.3 Å². The molecule has 80 valence electrons. The van der Waals surface area contributed by atoms with Gasteiger partial charge in [0.1, 0.15) is 5.82 Å². The van der Waals surface area contributed by atoms with Crippen molar-refractivity contribution in [3.8, 4) is 0 Å². The third kappa shape index (κ3) is 3.50. The Balaban J connectivity index is 2.59. The lowest BCUT2D eigenvalue weighted by Gasteiger charge is -2.01. The van der Waals surface area contributed by atoms with Crippen molar-refractivity contribution in [2.45, 2.75) is 13.8 Å². The Hall–Kier alpha value is -1.71. The van der Waals surface area contributed by atoms with Gasteiger partial charge < -0.3 is 0 Å². The first-order chi connectivity index (χ1) is 7.11. The number of nitrogens with one attached hydrogen (secondary N) is 1. The molecule has 0 spiro atoms. The third-order valence-corrected chi connectivity index (χ3v) is 1.81. The van der Waals surface area contributed by atoms with Crippen LogP contribution in [0.4, 0.5) is 4.39 Å². The highest BCUT2D eigenvalue weighted by molar-refractivity contribution is 5.83. The van der Waals surface area contributed by atoms with Crippen molar-refractivity contribution in [1.82, 2.24) is 5.43 Å². The zero-order valence-corrected chi connectivity index (χ0v) is 8.70. The molecule has 15 heavy (non-hydrogen) atoms. The second kappa shape index (κ2) is 5.24. The summed E-state index contributed by atoms with van der Waals surface area (Å²) in [5.74, 6) is -0.689. The highest BCUT2D eigenvalue weighted by atomic mass is 19.1. The summed E-state index contributed by atoms with van der Waals surface area (Å²) in [6.07, 6.45) is 1.29. The first-order valence-corrected chi connectivity index (χ1v) is 4.68. The van der Waals surface area contributed by atoms with E-state index in [4.69, 9.17) is 0 Å². The summed E-state index contributed by atoms with van der Waals surface area (Å²) in [6, 6.07) is 6.22. The number of rotatable bonds is 3. The first-order valence-electron chi connectivity index (χ1n) is 4.68. The van der Waals surface area contributed by atoms with Gasteiger partial charge in [-0.25, -0.2) is 9.82 Å². The quantitative estimate of drug-likeness (QED) is 0.598. The van der Waals surface area contributed by atoms with Crippen LogP contribution in [0.3, 0.4) is 0 Å². The molecule has 1 amide bonds. The van der Waals surface area contributed by atoms with Gasteiger partial charge in [-0.3, -0.25) is 4.79 Å². The molecule has 0 saturated heterocycles. The van der Waals surface area contributed by atoms with E-state index in [0.717, 1.165) is 0 Å². The van der Waals surface area contributed by atoms with E-state index in [9.17, 15) is 9.18 Å². The highest BCUT2D eigenvalue weighted by Crippen LogP contribution is 2.02. The fraction of sp³-hybridized carbons (Fsp3) is 0.273. The second-order valence-corrected chi connectivity index (χ2v) is 3.41. The van der Waals surface area contributed by atoms with Crippen LogP contribution in [0.25, 0.3) is 0 Å². The van der Waals surface area contributed by atoms with Gasteiger partial charge in [-0.2, -0.15) is 5.10 Å². The van der Waals surface area contributed by atoms with Crippen molar-refractivity contribution < 1.29 is 9.18 Å². The molecule has 1 rings (SSSR count). The van der Waals surface area contributed by atoms with Gasteiger partial charge in [0.2, 0.25) is 5.91 Å². The Morgan fingerprint density at radius 1 is 1.47 bits per heavy atom. The molecule has 0 aliphatic heterocycles. The van der Waals surface area contributed by atoms with Gasteiger partial charge in [0, 0.05) is 11.5 Å². The number of halogens is 1. The summed E-state index contributed by atoms with van der Waals surface area (Å²) in [7, 11) is 0. The molecule has 0 saturated carbocycles. The summed E-state index contributed by atoms with van der Waals surface area (Å²) >= 11 is 0. The number of hydrazone groups is 1. The molecule has 0 fully saturated rings. The Bertz CT molecular complexity index is 375. The monoisotopic (exact) mass is 208 g/mol. The number of carbonyl (C=O) groups excluding carboxylic acids is 1. The number of nitrogens with zero attached hydrogens (tertiary/aromatic N) is 1. The molecule has 0 atom stereocenters. The maximum absolute atomic E-state index is 13.1. The minimum absolute atomic E-state index is 0.136. The lowest BCUT2D eigenvalue weighted by Crippen LogP contribution is -2.22. The van der Waals surface area contributed by atoms with Crippen molar-refractivity contribution in [2.75, 3.05) is 0 Å². The average molecular weight is 208 g/mol. The molecule has 0 radical (unpaired) electrons.